The number of hydrogen-bond acceptors (Lipinski definition) is 5. The number of piperidine rings is 1. The number of nitrogens with one attached hydrogen (secondary N) is 1. The number of anilines is 1. The number of ether oxygens (including phenoxy) is 1. The Kier molecular flexibility index (Phi) is 6.37. The molecule has 0 unspecified atom stereocenters. The number of H-pyrrole nitrogens is 1. The number of rotatable bonds is 7. The minimum atomic E-state index is 0.797. The zero-order valence-corrected chi connectivity index (χ0v) is 19.2. The van der Waals surface area contributed by atoms with Gasteiger partial charge in [-0.15, -0.1) is 0 Å². The lowest BCUT2D eigenvalue weighted by Gasteiger charge is -2.31. The molecule has 0 radical (unpaired) electrons. The summed E-state index contributed by atoms with van der Waals surface area (Å²) < 4.78 is 8.52. The van der Waals surface area contributed by atoms with Crippen molar-refractivity contribution < 1.29 is 4.74 Å². The van der Waals surface area contributed by atoms with Crippen molar-refractivity contribution in [3.05, 3.63) is 53.6 Å². The van der Waals surface area contributed by atoms with E-state index in [9.17, 15) is 0 Å². The number of hydrogen-bond donors (Lipinski definition) is 1. The second-order valence-corrected chi connectivity index (χ2v) is 9.61. The molecule has 3 aromatic rings. The van der Waals surface area contributed by atoms with Crippen LogP contribution in [0.5, 0.6) is 5.75 Å². The maximum Gasteiger partial charge on any atom is 0.203 e. The number of imidazole rings is 1. The molecule has 0 aliphatic carbocycles. The van der Waals surface area contributed by atoms with Crippen LogP contribution in [0.3, 0.4) is 0 Å². The van der Waals surface area contributed by atoms with Gasteiger partial charge in [0, 0.05) is 26.2 Å². The summed E-state index contributed by atoms with van der Waals surface area (Å²) in [6.07, 6.45) is 8.14. The average molecular weight is 437 g/mol. The van der Waals surface area contributed by atoms with Crippen LogP contribution < -0.4 is 9.64 Å². The van der Waals surface area contributed by atoms with E-state index in [0.29, 0.717) is 0 Å². The lowest BCUT2D eigenvalue weighted by atomic mass is 9.92. The normalized spacial score (nSPS) is 17.8. The highest BCUT2D eigenvalue weighted by atomic mass is 32.2. The number of benzene rings is 2. The Morgan fingerprint density at radius 1 is 1.10 bits per heavy atom. The second-order valence-electron chi connectivity index (χ2n) is 8.73. The quantitative estimate of drug-likeness (QED) is 0.403. The van der Waals surface area contributed by atoms with Crippen LogP contribution in [0.1, 0.15) is 36.8 Å². The van der Waals surface area contributed by atoms with Crippen LogP contribution in [0, 0.1) is 5.92 Å². The molecule has 2 aliphatic heterocycles. The van der Waals surface area contributed by atoms with Gasteiger partial charge >= 0.3 is 0 Å². The summed E-state index contributed by atoms with van der Waals surface area (Å²) in [4.78, 5) is 10.6. The first kappa shape index (κ1) is 20.7. The molecule has 164 valence electrons. The van der Waals surface area contributed by atoms with E-state index in [4.69, 9.17) is 9.72 Å². The van der Waals surface area contributed by atoms with Gasteiger partial charge in [0.25, 0.3) is 0 Å². The molecule has 0 spiro atoms. The summed E-state index contributed by atoms with van der Waals surface area (Å²) >= 11 is 1.84. The summed E-state index contributed by atoms with van der Waals surface area (Å²) in [5, 5.41) is 0. The van der Waals surface area contributed by atoms with Gasteiger partial charge in [0.1, 0.15) is 5.75 Å². The van der Waals surface area contributed by atoms with Gasteiger partial charge < -0.3 is 14.6 Å². The van der Waals surface area contributed by atoms with E-state index in [2.05, 4.69) is 56.8 Å². The first-order chi connectivity index (χ1) is 15.3. The number of fused-ring (bicyclic) bond motifs is 2. The summed E-state index contributed by atoms with van der Waals surface area (Å²) in [6, 6.07) is 14.9. The molecule has 31 heavy (non-hydrogen) atoms. The predicted molar refractivity (Wildman–Crippen MR) is 130 cm³/mol. The van der Waals surface area contributed by atoms with Crippen LogP contribution in [0.15, 0.2) is 42.5 Å². The fraction of sp³-hybridized carbons (Fsp3) is 0.480. The fourth-order valence-corrected chi connectivity index (χ4v) is 5.38. The molecule has 5 nitrogen and oxygen atoms in total. The molecule has 3 heterocycles. The van der Waals surface area contributed by atoms with E-state index in [1.807, 2.05) is 18.0 Å². The molecule has 1 saturated heterocycles. The Labute approximate surface area is 189 Å². The standard InChI is InChI=1S/C25H32N4OS/c1-31-29-15-12-20-17-22(9-8-21(20)18-29)30-16-4-5-19-10-13-28(14-11-19)25-26-23-6-2-3-7-24(23)27-25/h2-3,6-9,17,19H,4-5,10-16,18H2,1H3,(H,26,27). The Morgan fingerprint density at radius 2 is 1.97 bits per heavy atom. The molecule has 0 amide bonds. The van der Waals surface area contributed by atoms with E-state index in [1.54, 1.807) is 0 Å². The van der Waals surface area contributed by atoms with Crippen molar-refractivity contribution in [1.29, 1.82) is 0 Å². The molecule has 0 saturated carbocycles. The molecule has 5 rings (SSSR count). The van der Waals surface area contributed by atoms with Crippen LogP contribution in [-0.4, -0.2) is 46.8 Å². The maximum atomic E-state index is 6.10. The highest BCUT2D eigenvalue weighted by Gasteiger charge is 2.21. The molecule has 1 aromatic heterocycles. The van der Waals surface area contributed by atoms with Crippen molar-refractivity contribution in [3.8, 4) is 5.75 Å². The molecule has 1 N–H and O–H groups in total. The zero-order chi connectivity index (χ0) is 21.0. The smallest absolute Gasteiger partial charge is 0.203 e. The van der Waals surface area contributed by atoms with E-state index in [1.165, 1.54) is 30.4 Å². The Balaban J connectivity index is 1.05. The minimum absolute atomic E-state index is 0.797. The van der Waals surface area contributed by atoms with Gasteiger partial charge in [-0.3, -0.25) is 0 Å². The minimum Gasteiger partial charge on any atom is -0.494 e. The first-order valence-corrected chi connectivity index (χ1v) is 12.7. The number of nitrogens with zero attached hydrogens (tertiary/aromatic N) is 3. The van der Waals surface area contributed by atoms with Crippen molar-refractivity contribution in [3.63, 3.8) is 0 Å². The molecule has 6 heteroatoms. The molecule has 0 bridgehead atoms. The Hall–Kier alpha value is -2.18. The highest BCUT2D eigenvalue weighted by molar-refractivity contribution is 7.96. The summed E-state index contributed by atoms with van der Waals surface area (Å²) in [6.45, 7) is 5.17. The summed E-state index contributed by atoms with van der Waals surface area (Å²) in [5.41, 5.74) is 5.09. The van der Waals surface area contributed by atoms with Gasteiger partial charge in [0.05, 0.1) is 17.6 Å². The monoisotopic (exact) mass is 436 g/mol. The first-order valence-electron chi connectivity index (χ1n) is 11.5. The zero-order valence-electron chi connectivity index (χ0n) is 18.3. The van der Waals surface area contributed by atoms with E-state index in [-0.39, 0.29) is 0 Å². The largest absolute Gasteiger partial charge is 0.494 e. The lowest BCUT2D eigenvalue weighted by molar-refractivity contribution is 0.278. The number of aromatic amines is 1. The topological polar surface area (TPSA) is 44.4 Å². The third-order valence-electron chi connectivity index (χ3n) is 6.73. The van der Waals surface area contributed by atoms with Gasteiger partial charge in [-0.25, -0.2) is 9.29 Å². The highest BCUT2D eigenvalue weighted by Crippen LogP contribution is 2.28. The van der Waals surface area contributed by atoms with Gasteiger partial charge in [-0.2, -0.15) is 0 Å². The van der Waals surface area contributed by atoms with Crippen LogP contribution in [0.25, 0.3) is 11.0 Å². The summed E-state index contributed by atoms with van der Waals surface area (Å²) in [7, 11) is 0. The second kappa shape index (κ2) is 9.53. The SMILES string of the molecule is CSN1CCc2cc(OCCCC3CCN(c4nc5ccccc5[nH]4)CC3)ccc2C1. The average Bonchev–Trinajstić information content (AvgIpc) is 3.26. The fourth-order valence-electron chi connectivity index (χ4n) is 4.83. The van der Waals surface area contributed by atoms with Crippen molar-refractivity contribution in [2.24, 2.45) is 5.92 Å². The predicted octanol–water partition coefficient (Wildman–Crippen LogP) is 5.27. The molecule has 0 atom stereocenters. The van der Waals surface area contributed by atoms with Crippen molar-refractivity contribution in [1.82, 2.24) is 14.3 Å². The van der Waals surface area contributed by atoms with E-state index >= 15 is 0 Å². The van der Waals surface area contributed by atoms with Crippen molar-refractivity contribution in [2.45, 2.75) is 38.6 Å². The van der Waals surface area contributed by atoms with Crippen LogP contribution >= 0.6 is 11.9 Å². The van der Waals surface area contributed by atoms with Gasteiger partial charge in [-0.1, -0.05) is 30.1 Å². The van der Waals surface area contributed by atoms with Gasteiger partial charge in [0.15, 0.2) is 0 Å². The Morgan fingerprint density at radius 3 is 2.81 bits per heavy atom. The van der Waals surface area contributed by atoms with Crippen molar-refractivity contribution in [2.75, 3.05) is 37.4 Å². The number of para-hydroxylation sites is 2. The Bertz CT molecular complexity index is 979. The molecule has 2 aromatic carbocycles. The van der Waals surface area contributed by atoms with E-state index < -0.39 is 0 Å². The van der Waals surface area contributed by atoms with Gasteiger partial charge in [0.2, 0.25) is 5.95 Å². The third-order valence-corrected chi connectivity index (χ3v) is 7.56. The summed E-state index contributed by atoms with van der Waals surface area (Å²) in [5.74, 6) is 2.86. The van der Waals surface area contributed by atoms with Crippen LogP contribution in [-0.2, 0) is 13.0 Å². The van der Waals surface area contributed by atoms with Gasteiger partial charge in [-0.05, 0) is 79.7 Å². The lowest BCUT2D eigenvalue weighted by Crippen LogP contribution is -2.34. The molecular weight excluding hydrogens is 404 g/mol. The number of aromatic nitrogens is 2. The third kappa shape index (κ3) is 4.85. The molecule has 2 aliphatic rings. The van der Waals surface area contributed by atoms with E-state index in [0.717, 1.165) is 74.3 Å². The molecule has 1 fully saturated rings. The maximum absolute atomic E-state index is 6.10. The van der Waals surface area contributed by atoms with Crippen LogP contribution in [0.4, 0.5) is 5.95 Å². The van der Waals surface area contributed by atoms with Crippen molar-refractivity contribution >= 4 is 28.9 Å². The molecular formula is C25H32N4OS. The van der Waals surface area contributed by atoms with Crippen LogP contribution in [0.2, 0.25) is 0 Å².